The van der Waals surface area contributed by atoms with Crippen LogP contribution in [0.3, 0.4) is 0 Å². The Labute approximate surface area is 86.6 Å². The molecule has 0 aromatic heterocycles. The molecule has 0 fully saturated rings. The second-order valence-corrected chi connectivity index (χ2v) is 7.59. The van der Waals surface area contributed by atoms with Gasteiger partial charge in [-0.3, -0.25) is 0 Å². The van der Waals surface area contributed by atoms with Gasteiger partial charge in [-0.15, -0.1) is 0 Å². The Morgan fingerprint density at radius 2 is 1.92 bits per heavy atom. The molecule has 1 aromatic carbocycles. The van der Waals surface area contributed by atoms with E-state index in [1.54, 1.807) is 7.11 Å². The minimum absolute atomic E-state index is 0.656. The summed E-state index contributed by atoms with van der Waals surface area (Å²) in [5, 5.41) is 1.10. The van der Waals surface area contributed by atoms with Gasteiger partial charge < -0.3 is 0 Å². The first-order chi connectivity index (χ1) is 6.23. The SMILES string of the molecule is CCOP(=[Se])(OC)c1ccccc1. The molecular formula is C9H13O2PSe. The van der Waals surface area contributed by atoms with Crippen molar-refractivity contribution in [1.29, 1.82) is 0 Å². The van der Waals surface area contributed by atoms with E-state index in [4.69, 9.17) is 9.05 Å². The molecule has 4 heteroatoms. The average molecular weight is 263 g/mol. The van der Waals surface area contributed by atoms with Crippen LogP contribution in [0.2, 0.25) is 0 Å². The molecule has 1 unspecified atom stereocenters. The predicted molar refractivity (Wildman–Crippen MR) is 57.4 cm³/mol. The molecular weight excluding hydrogens is 250 g/mol. The average Bonchev–Trinajstić information content (AvgIpc) is 2.19. The van der Waals surface area contributed by atoms with Gasteiger partial charge in [0.15, 0.2) is 0 Å². The Morgan fingerprint density at radius 1 is 1.31 bits per heavy atom. The van der Waals surface area contributed by atoms with Crippen molar-refractivity contribution in [3.8, 4) is 0 Å². The van der Waals surface area contributed by atoms with Crippen LogP contribution in [0.25, 0.3) is 0 Å². The molecule has 0 saturated heterocycles. The minimum atomic E-state index is -1.93. The molecule has 1 atom stereocenters. The van der Waals surface area contributed by atoms with Gasteiger partial charge in [-0.05, 0) is 0 Å². The van der Waals surface area contributed by atoms with Crippen LogP contribution in [0, 0.1) is 0 Å². The molecule has 0 spiro atoms. The number of hydrogen-bond acceptors (Lipinski definition) is 2. The Bertz CT molecular complexity index is 300. The van der Waals surface area contributed by atoms with Crippen molar-refractivity contribution in [3.05, 3.63) is 30.3 Å². The van der Waals surface area contributed by atoms with Gasteiger partial charge in [-0.2, -0.15) is 0 Å². The normalized spacial score (nSPS) is 15.2. The molecule has 72 valence electrons. The zero-order chi connectivity index (χ0) is 9.73. The van der Waals surface area contributed by atoms with Crippen molar-refractivity contribution in [2.24, 2.45) is 0 Å². The van der Waals surface area contributed by atoms with Crippen molar-refractivity contribution < 1.29 is 9.05 Å². The summed E-state index contributed by atoms with van der Waals surface area (Å²) in [4.78, 5) is 0. The van der Waals surface area contributed by atoms with E-state index in [9.17, 15) is 0 Å². The summed E-state index contributed by atoms with van der Waals surface area (Å²) in [5.74, 6) is -1.93. The fourth-order valence-corrected chi connectivity index (χ4v) is 3.79. The molecule has 1 aromatic rings. The van der Waals surface area contributed by atoms with Crippen LogP contribution in [-0.2, 0) is 9.05 Å². The number of benzene rings is 1. The molecule has 0 aliphatic rings. The molecule has 0 aliphatic carbocycles. The maximum atomic E-state index is 5.60. The molecule has 0 bridgehead atoms. The van der Waals surface area contributed by atoms with E-state index in [-0.39, 0.29) is 0 Å². The Balaban J connectivity index is 2.96. The molecule has 0 amide bonds. The van der Waals surface area contributed by atoms with Gasteiger partial charge in [0.25, 0.3) is 0 Å². The second-order valence-electron chi connectivity index (χ2n) is 2.43. The van der Waals surface area contributed by atoms with E-state index in [0.29, 0.717) is 6.61 Å². The molecule has 1 rings (SSSR count). The summed E-state index contributed by atoms with van der Waals surface area (Å²) in [6.07, 6.45) is 0. The summed E-state index contributed by atoms with van der Waals surface area (Å²) in [7, 11) is 1.67. The summed E-state index contributed by atoms with van der Waals surface area (Å²) < 4.78 is 11.0. The van der Waals surface area contributed by atoms with E-state index < -0.39 is 5.96 Å². The van der Waals surface area contributed by atoms with Crippen molar-refractivity contribution in [1.82, 2.24) is 0 Å². The molecule has 2 nitrogen and oxygen atoms in total. The maximum absolute atomic E-state index is 5.60. The van der Waals surface area contributed by atoms with E-state index in [1.165, 1.54) is 0 Å². The van der Waals surface area contributed by atoms with Gasteiger partial charge in [0.2, 0.25) is 0 Å². The zero-order valence-electron chi connectivity index (χ0n) is 7.77. The first kappa shape index (κ1) is 11.2. The molecule has 0 radical (unpaired) electrons. The third kappa shape index (κ3) is 2.77. The third-order valence-electron chi connectivity index (χ3n) is 1.61. The second kappa shape index (κ2) is 5.09. The van der Waals surface area contributed by atoms with Crippen LogP contribution in [0.4, 0.5) is 0 Å². The first-order valence-electron chi connectivity index (χ1n) is 4.09. The van der Waals surface area contributed by atoms with Crippen molar-refractivity contribution in [2.75, 3.05) is 13.7 Å². The van der Waals surface area contributed by atoms with Gasteiger partial charge in [-0.1, -0.05) is 0 Å². The van der Waals surface area contributed by atoms with E-state index >= 15 is 0 Å². The summed E-state index contributed by atoms with van der Waals surface area (Å²) in [5.41, 5.74) is 0. The van der Waals surface area contributed by atoms with Crippen molar-refractivity contribution in [2.45, 2.75) is 6.92 Å². The molecule has 13 heavy (non-hydrogen) atoms. The van der Waals surface area contributed by atoms with Gasteiger partial charge >= 0.3 is 86.4 Å². The topological polar surface area (TPSA) is 18.5 Å². The third-order valence-corrected chi connectivity index (χ3v) is 6.55. The van der Waals surface area contributed by atoms with Crippen LogP contribution in [-0.4, -0.2) is 28.8 Å². The van der Waals surface area contributed by atoms with Gasteiger partial charge in [0.1, 0.15) is 0 Å². The first-order valence-corrected chi connectivity index (χ1v) is 7.93. The van der Waals surface area contributed by atoms with E-state index in [0.717, 1.165) is 5.30 Å². The van der Waals surface area contributed by atoms with Gasteiger partial charge in [0, 0.05) is 0 Å². The predicted octanol–water partition coefficient (Wildman–Crippen LogP) is 1.93. The molecule has 0 N–H and O–H groups in total. The monoisotopic (exact) mass is 264 g/mol. The molecule has 0 heterocycles. The summed E-state index contributed by atoms with van der Waals surface area (Å²) >= 11 is 3.02. The zero-order valence-corrected chi connectivity index (χ0v) is 10.4. The van der Waals surface area contributed by atoms with Gasteiger partial charge in [0.05, 0.1) is 0 Å². The Kier molecular flexibility index (Phi) is 4.37. The van der Waals surface area contributed by atoms with E-state index in [1.807, 2.05) is 37.3 Å². The number of rotatable bonds is 4. The van der Waals surface area contributed by atoms with Crippen LogP contribution < -0.4 is 5.30 Å². The van der Waals surface area contributed by atoms with Crippen molar-refractivity contribution >= 4 is 26.4 Å². The van der Waals surface area contributed by atoms with E-state index in [2.05, 4.69) is 15.1 Å². The summed E-state index contributed by atoms with van der Waals surface area (Å²) in [6, 6.07) is 9.99. The molecule has 0 saturated carbocycles. The van der Waals surface area contributed by atoms with Crippen LogP contribution in [0.15, 0.2) is 30.3 Å². The quantitative estimate of drug-likeness (QED) is 0.610. The summed E-state index contributed by atoms with van der Waals surface area (Å²) in [6.45, 7) is 2.62. The van der Waals surface area contributed by atoms with Crippen LogP contribution in [0.5, 0.6) is 0 Å². The van der Waals surface area contributed by atoms with Crippen LogP contribution >= 0.6 is 5.96 Å². The number of hydrogen-bond donors (Lipinski definition) is 0. The fourth-order valence-electron chi connectivity index (χ4n) is 1.01. The van der Waals surface area contributed by atoms with Gasteiger partial charge in [-0.25, -0.2) is 0 Å². The fraction of sp³-hybridized carbons (Fsp3) is 0.333. The standard InChI is InChI=1S/C9H13O2PSe/c1-3-11-12(13,10-2)9-7-5-4-6-8-9/h4-8H,3H2,1-2H3. The Morgan fingerprint density at radius 3 is 2.38 bits per heavy atom. The van der Waals surface area contributed by atoms with Crippen LogP contribution in [0.1, 0.15) is 6.92 Å². The molecule has 0 aliphatic heterocycles. The Hall–Kier alpha value is 0.0895. The van der Waals surface area contributed by atoms with Crippen molar-refractivity contribution in [3.63, 3.8) is 0 Å².